The molecule has 2 aliphatic heterocycles. The van der Waals surface area contributed by atoms with E-state index in [4.69, 9.17) is 9.47 Å². The molecule has 2 fully saturated rings. The second-order valence-corrected chi connectivity index (χ2v) is 3.24. The number of carbonyl (C=O) groups is 1. The number of methoxy groups -OCH3 is 1. The highest BCUT2D eigenvalue weighted by Crippen LogP contribution is 2.43. The average molecular weight is 172 g/mol. The summed E-state index contributed by atoms with van der Waals surface area (Å²) >= 11 is 0. The topological polar surface area (TPSA) is 48.1 Å². The highest BCUT2D eigenvalue weighted by atomic mass is 16.7. The number of epoxide rings is 1. The summed E-state index contributed by atoms with van der Waals surface area (Å²) in [6.45, 7) is 1.31. The number of hydrogen-bond acceptors (Lipinski definition) is 4. The Labute approximate surface area is 70.8 Å². The first-order valence-electron chi connectivity index (χ1n) is 4.12. The summed E-state index contributed by atoms with van der Waals surface area (Å²) in [7, 11) is 1.38. The van der Waals surface area contributed by atoms with Gasteiger partial charge in [-0.05, 0) is 12.8 Å². The van der Waals surface area contributed by atoms with Crippen LogP contribution < -0.4 is 0 Å². The summed E-state index contributed by atoms with van der Waals surface area (Å²) < 4.78 is 15.1. The van der Waals surface area contributed by atoms with E-state index >= 15 is 0 Å². The number of esters is 1. The van der Waals surface area contributed by atoms with E-state index in [1.165, 1.54) is 7.11 Å². The minimum absolute atomic E-state index is 0.277. The Morgan fingerprint density at radius 1 is 1.67 bits per heavy atom. The largest absolute Gasteiger partial charge is 0.467 e. The third-order valence-electron chi connectivity index (χ3n) is 2.42. The molecule has 2 atom stereocenters. The Kier molecular flexibility index (Phi) is 1.81. The molecule has 4 heteroatoms. The first-order valence-corrected chi connectivity index (χ1v) is 4.12. The zero-order valence-electron chi connectivity index (χ0n) is 7.04. The third-order valence-corrected chi connectivity index (χ3v) is 2.42. The van der Waals surface area contributed by atoms with Crippen molar-refractivity contribution in [2.24, 2.45) is 0 Å². The lowest BCUT2D eigenvalue weighted by molar-refractivity contribution is -0.142. The van der Waals surface area contributed by atoms with E-state index in [0.29, 0.717) is 6.61 Å². The first-order chi connectivity index (χ1) is 5.78. The van der Waals surface area contributed by atoms with Crippen LogP contribution in [0.3, 0.4) is 0 Å². The van der Waals surface area contributed by atoms with Gasteiger partial charge in [-0.25, -0.2) is 4.79 Å². The number of ether oxygens (including phenoxy) is 3. The van der Waals surface area contributed by atoms with Crippen LogP contribution in [0.1, 0.15) is 12.8 Å². The maximum atomic E-state index is 11.0. The van der Waals surface area contributed by atoms with E-state index in [2.05, 4.69) is 4.74 Å². The fraction of sp³-hybridized carbons (Fsp3) is 0.875. The van der Waals surface area contributed by atoms with Gasteiger partial charge >= 0.3 is 5.97 Å². The molecular weight excluding hydrogens is 160 g/mol. The maximum absolute atomic E-state index is 11.0. The predicted molar refractivity (Wildman–Crippen MR) is 39.7 cm³/mol. The molecule has 0 saturated carbocycles. The Morgan fingerprint density at radius 2 is 2.50 bits per heavy atom. The average Bonchev–Trinajstić information content (AvgIpc) is 2.80. The highest BCUT2D eigenvalue weighted by molar-refractivity contribution is 5.79. The second-order valence-electron chi connectivity index (χ2n) is 3.24. The van der Waals surface area contributed by atoms with Gasteiger partial charge in [0.15, 0.2) is 6.10 Å². The smallest absolute Gasteiger partial charge is 0.338 e. The minimum Gasteiger partial charge on any atom is -0.467 e. The molecule has 0 bridgehead atoms. The van der Waals surface area contributed by atoms with E-state index in [1.807, 2.05) is 0 Å². The van der Waals surface area contributed by atoms with Crippen molar-refractivity contribution >= 4 is 5.97 Å². The highest BCUT2D eigenvalue weighted by Gasteiger charge is 2.62. The molecular formula is C8H12O4. The summed E-state index contributed by atoms with van der Waals surface area (Å²) in [5.41, 5.74) is -0.328. The van der Waals surface area contributed by atoms with Gasteiger partial charge in [0.2, 0.25) is 0 Å². The quantitative estimate of drug-likeness (QED) is 0.416. The summed E-state index contributed by atoms with van der Waals surface area (Å²) in [6.07, 6.45) is 1.50. The SMILES string of the molecule is COC(=O)[C@@H]1O[C@]12CCCOC2. The lowest BCUT2D eigenvalue weighted by Crippen LogP contribution is -2.31. The van der Waals surface area contributed by atoms with E-state index in [-0.39, 0.29) is 17.7 Å². The Morgan fingerprint density at radius 3 is 3.08 bits per heavy atom. The van der Waals surface area contributed by atoms with E-state index < -0.39 is 0 Å². The van der Waals surface area contributed by atoms with Crippen LogP contribution in [0.15, 0.2) is 0 Å². The van der Waals surface area contributed by atoms with Gasteiger partial charge in [0, 0.05) is 6.61 Å². The number of hydrogen-bond donors (Lipinski definition) is 0. The Hall–Kier alpha value is -0.610. The summed E-state index contributed by atoms with van der Waals surface area (Å²) in [4.78, 5) is 11.0. The fourth-order valence-electron chi connectivity index (χ4n) is 1.66. The molecule has 0 radical (unpaired) electrons. The van der Waals surface area contributed by atoms with Crippen LogP contribution in [0.5, 0.6) is 0 Å². The summed E-state index contributed by atoms with van der Waals surface area (Å²) in [5, 5.41) is 0. The molecule has 0 aromatic heterocycles. The Balaban J connectivity index is 1.95. The molecule has 2 saturated heterocycles. The lowest BCUT2D eigenvalue weighted by Gasteiger charge is -2.18. The molecule has 0 aromatic rings. The molecule has 4 nitrogen and oxygen atoms in total. The minimum atomic E-state index is -0.372. The van der Waals surface area contributed by atoms with E-state index in [9.17, 15) is 4.79 Å². The molecule has 2 aliphatic rings. The molecule has 2 heterocycles. The van der Waals surface area contributed by atoms with Gasteiger partial charge in [0.25, 0.3) is 0 Å². The van der Waals surface area contributed by atoms with Gasteiger partial charge in [-0.2, -0.15) is 0 Å². The summed E-state index contributed by atoms with van der Waals surface area (Å²) in [6, 6.07) is 0. The van der Waals surface area contributed by atoms with Crippen LogP contribution in [0.4, 0.5) is 0 Å². The molecule has 1 spiro atoms. The van der Waals surface area contributed by atoms with Crippen LogP contribution in [0, 0.1) is 0 Å². The normalized spacial score (nSPS) is 39.6. The predicted octanol–water partition coefficient (Wildman–Crippen LogP) is 0.107. The van der Waals surface area contributed by atoms with Gasteiger partial charge in [-0.15, -0.1) is 0 Å². The zero-order valence-corrected chi connectivity index (χ0v) is 7.04. The van der Waals surface area contributed by atoms with Gasteiger partial charge in [0.1, 0.15) is 5.60 Å². The molecule has 0 amide bonds. The molecule has 0 aliphatic carbocycles. The Bertz CT molecular complexity index is 195. The third kappa shape index (κ3) is 1.11. The molecule has 0 aromatic carbocycles. The first kappa shape index (κ1) is 8.01. The molecule has 2 rings (SSSR count). The van der Waals surface area contributed by atoms with Gasteiger partial charge < -0.3 is 14.2 Å². The number of rotatable bonds is 1. The van der Waals surface area contributed by atoms with Crippen LogP contribution in [-0.4, -0.2) is 38.0 Å². The van der Waals surface area contributed by atoms with E-state index in [0.717, 1.165) is 19.4 Å². The van der Waals surface area contributed by atoms with Gasteiger partial charge in [0.05, 0.1) is 13.7 Å². The van der Waals surface area contributed by atoms with Gasteiger partial charge in [-0.1, -0.05) is 0 Å². The van der Waals surface area contributed by atoms with Crippen molar-refractivity contribution in [1.29, 1.82) is 0 Å². The zero-order chi connectivity index (χ0) is 8.60. The fourth-order valence-corrected chi connectivity index (χ4v) is 1.66. The van der Waals surface area contributed by atoms with Crippen molar-refractivity contribution in [3.63, 3.8) is 0 Å². The molecule has 68 valence electrons. The summed E-state index contributed by atoms with van der Waals surface area (Å²) in [5.74, 6) is -0.277. The van der Waals surface area contributed by atoms with Crippen LogP contribution in [0.25, 0.3) is 0 Å². The lowest BCUT2D eigenvalue weighted by atomic mass is 9.98. The number of carbonyl (C=O) groups excluding carboxylic acids is 1. The second kappa shape index (κ2) is 2.71. The van der Waals surface area contributed by atoms with Crippen molar-refractivity contribution in [1.82, 2.24) is 0 Å². The van der Waals surface area contributed by atoms with Crippen LogP contribution in [-0.2, 0) is 19.0 Å². The van der Waals surface area contributed by atoms with Gasteiger partial charge in [-0.3, -0.25) is 0 Å². The van der Waals surface area contributed by atoms with Crippen molar-refractivity contribution in [2.45, 2.75) is 24.5 Å². The van der Waals surface area contributed by atoms with Crippen molar-refractivity contribution in [2.75, 3.05) is 20.3 Å². The van der Waals surface area contributed by atoms with Crippen molar-refractivity contribution in [3.8, 4) is 0 Å². The van der Waals surface area contributed by atoms with Crippen molar-refractivity contribution < 1.29 is 19.0 Å². The van der Waals surface area contributed by atoms with Crippen LogP contribution >= 0.6 is 0 Å². The standard InChI is InChI=1S/C8H12O4/c1-10-7(9)6-8(12-6)3-2-4-11-5-8/h6H,2-5H2,1H3/t6-,8-/m0/s1. The molecule has 12 heavy (non-hydrogen) atoms. The molecule has 0 unspecified atom stereocenters. The van der Waals surface area contributed by atoms with E-state index in [1.54, 1.807) is 0 Å². The van der Waals surface area contributed by atoms with Crippen molar-refractivity contribution in [3.05, 3.63) is 0 Å². The molecule has 0 N–H and O–H groups in total. The maximum Gasteiger partial charge on any atom is 0.338 e. The van der Waals surface area contributed by atoms with Crippen LogP contribution in [0.2, 0.25) is 0 Å². The monoisotopic (exact) mass is 172 g/mol.